The summed E-state index contributed by atoms with van der Waals surface area (Å²) in [6, 6.07) is 7.89. The van der Waals surface area contributed by atoms with E-state index in [2.05, 4.69) is 5.32 Å². The van der Waals surface area contributed by atoms with Crippen LogP contribution in [0, 0.1) is 12.8 Å². The SMILES string of the molecule is Cc1cccc(NC(=O)C2CC2)c1.Cl. The van der Waals surface area contributed by atoms with Crippen LogP contribution in [0.3, 0.4) is 0 Å². The summed E-state index contributed by atoms with van der Waals surface area (Å²) >= 11 is 0. The van der Waals surface area contributed by atoms with Crippen LogP contribution in [0.4, 0.5) is 5.69 Å². The Balaban J connectivity index is 0.000000980. The van der Waals surface area contributed by atoms with Crippen LogP contribution in [-0.2, 0) is 4.79 Å². The number of carbonyl (C=O) groups excluding carboxylic acids is 1. The highest BCUT2D eigenvalue weighted by Crippen LogP contribution is 2.30. The molecule has 0 saturated heterocycles. The Kier molecular flexibility index (Phi) is 3.53. The van der Waals surface area contributed by atoms with Gasteiger partial charge in [0.2, 0.25) is 5.91 Å². The molecule has 0 aliphatic heterocycles. The molecule has 2 nitrogen and oxygen atoms in total. The maximum Gasteiger partial charge on any atom is 0.227 e. The predicted molar refractivity (Wildman–Crippen MR) is 59.8 cm³/mol. The molecule has 1 amide bonds. The highest BCUT2D eigenvalue weighted by Gasteiger charge is 2.29. The van der Waals surface area contributed by atoms with Crippen molar-refractivity contribution in [2.45, 2.75) is 19.8 Å². The summed E-state index contributed by atoms with van der Waals surface area (Å²) in [5, 5.41) is 2.91. The van der Waals surface area contributed by atoms with Crippen LogP contribution in [-0.4, -0.2) is 5.91 Å². The van der Waals surface area contributed by atoms with E-state index in [4.69, 9.17) is 0 Å². The first kappa shape index (κ1) is 11.1. The number of halogens is 1. The van der Waals surface area contributed by atoms with Crippen molar-refractivity contribution in [2.24, 2.45) is 5.92 Å². The summed E-state index contributed by atoms with van der Waals surface area (Å²) in [5.41, 5.74) is 2.09. The normalized spacial score (nSPS) is 14.4. The van der Waals surface area contributed by atoms with E-state index >= 15 is 0 Å². The van der Waals surface area contributed by atoms with Crippen molar-refractivity contribution < 1.29 is 4.79 Å². The fourth-order valence-corrected chi connectivity index (χ4v) is 1.31. The summed E-state index contributed by atoms with van der Waals surface area (Å²) in [4.78, 5) is 11.4. The maximum atomic E-state index is 11.4. The molecule has 2 rings (SSSR count). The second kappa shape index (κ2) is 4.47. The Morgan fingerprint density at radius 2 is 2.14 bits per heavy atom. The van der Waals surface area contributed by atoms with E-state index in [0.717, 1.165) is 18.5 Å². The van der Waals surface area contributed by atoms with Gasteiger partial charge < -0.3 is 5.32 Å². The Morgan fingerprint density at radius 1 is 1.43 bits per heavy atom. The third-order valence-corrected chi connectivity index (χ3v) is 2.23. The molecule has 3 heteroatoms. The first-order valence-electron chi connectivity index (χ1n) is 4.63. The third kappa shape index (κ3) is 2.74. The molecular weight excluding hydrogens is 198 g/mol. The summed E-state index contributed by atoms with van der Waals surface area (Å²) < 4.78 is 0. The number of nitrogens with one attached hydrogen (secondary N) is 1. The molecule has 1 aliphatic rings. The van der Waals surface area contributed by atoms with Crippen molar-refractivity contribution >= 4 is 24.0 Å². The molecule has 1 aromatic rings. The maximum absolute atomic E-state index is 11.4. The molecule has 1 saturated carbocycles. The molecule has 0 spiro atoms. The molecule has 0 bridgehead atoms. The lowest BCUT2D eigenvalue weighted by Crippen LogP contribution is -2.13. The lowest BCUT2D eigenvalue weighted by atomic mass is 10.2. The van der Waals surface area contributed by atoms with E-state index in [1.54, 1.807) is 0 Å². The van der Waals surface area contributed by atoms with Gasteiger partial charge in [0.25, 0.3) is 0 Å². The van der Waals surface area contributed by atoms with Crippen molar-refractivity contribution in [1.29, 1.82) is 0 Å². The van der Waals surface area contributed by atoms with Crippen LogP contribution < -0.4 is 5.32 Å². The smallest absolute Gasteiger partial charge is 0.227 e. The minimum Gasteiger partial charge on any atom is -0.326 e. The predicted octanol–water partition coefficient (Wildman–Crippen LogP) is 2.77. The lowest BCUT2D eigenvalue weighted by Gasteiger charge is -2.04. The van der Waals surface area contributed by atoms with E-state index in [1.165, 1.54) is 5.56 Å². The average Bonchev–Trinajstić information content (AvgIpc) is 2.85. The van der Waals surface area contributed by atoms with Gasteiger partial charge in [-0.2, -0.15) is 0 Å². The highest BCUT2D eigenvalue weighted by molar-refractivity contribution is 5.94. The molecule has 0 radical (unpaired) electrons. The summed E-state index contributed by atoms with van der Waals surface area (Å²) in [6.07, 6.45) is 2.11. The summed E-state index contributed by atoms with van der Waals surface area (Å²) in [5.74, 6) is 0.450. The van der Waals surface area contributed by atoms with Gasteiger partial charge in [0.15, 0.2) is 0 Å². The quantitative estimate of drug-likeness (QED) is 0.801. The molecule has 0 atom stereocenters. The van der Waals surface area contributed by atoms with Gasteiger partial charge >= 0.3 is 0 Å². The van der Waals surface area contributed by atoms with Crippen molar-refractivity contribution in [1.82, 2.24) is 0 Å². The van der Waals surface area contributed by atoms with Gasteiger partial charge in [0.1, 0.15) is 0 Å². The van der Waals surface area contributed by atoms with Crippen LogP contribution in [0.5, 0.6) is 0 Å². The molecule has 1 aromatic carbocycles. The van der Waals surface area contributed by atoms with Crippen LogP contribution in [0.1, 0.15) is 18.4 Å². The van der Waals surface area contributed by atoms with Crippen LogP contribution in [0.2, 0.25) is 0 Å². The standard InChI is InChI=1S/C11H13NO.ClH/c1-8-3-2-4-10(7-8)12-11(13)9-5-6-9;/h2-4,7,9H,5-6H2,1H3,(H,12,13);1H. The number of benzene rings is 1. The summed E-state index contributed by atoms with van der Waals surface area (Å²) in [6.45, 7) is 2.02. The summed E-state index contributed by atoms with van der Waals surface area (Å²) in [7, 11) is 0. The Morgan fingerprint density at radius 3 is 2.71 bits per heavy atom. The van der Waals surface area contributed by atoms with Gasteiger partial charge in [-0.15, -0.1) is 12.4 Å². The van der Waals surface area contributed by atoms with Gasteiger partial charge in [0.05, 0.1) is 0 Å². The van der Waals surface area contributed by atoms with Crippen molar-refractivity contribution in [3.05, 3.63) is 29.8 Å². The third-order valence-electron chi connectivity index (χ3n) is 2.23. The molecule has 1 aliphatic carbocycles. The zero-order chi connectivity index (χ0) is 9.26. The Bertz CT molecular complexity index is 334. The second-order valence-corrected chi connectivity index (χ2v) is 3.63. The Hall–Kier alpha value is -1.02. The van der Waals surface area contributed by atoms with Crippen molar-refractivity contribution in [2.75, 3.05) is 5.32 Å². The largest absolute Gasteiger partial charge is 0.326 e. The number of rotatable bonds is 2. The van der Waals surface area contributed by atoms with E-state index in [9.17, 15) is 4.79 Å². The fraction of sp³-hybridized carbons (Fsp3) is 0.364. The van der Waals surface area contributed by atoms with E-state index in [1.807, 2.05) is 31.2 Å². The fourth-order valence-electron chi connectivity index (χ4n) is 1.31. The van der Waals surface area contributed by atoms with Gasteiger partial charge in [0, 0.05) is 11.6 Å². The number of hydrogen-bond donors (Lipinski definition) is 1. The molecule has 14 heavy (non-hydrogen) atoms. The molecule has 1 N–H and O–H groups in total. The number of anilines is 1. The molecule has 76 valence electrons. The topological polar surface area (TPSA) is 29.1 Å². The van der Waals surface area contributed by atoms with E-state index in [0.29, 0.717) is 0 Å². The Labute approximate surface area is 90.1 Å². The second-order valence-electron chi connectivity index (χ2n) is 3.63. The van der Waals surface area contributed by atoms with Gasteiger partial charge in [-0.3, -0.25) is 4.79 Å². The zero-order valence-corrected chi connectivity index (χ0v) is 8.93. The number of hydrogen-bond acceptors (Lipinski definition) is 1. The van der Waals surface area contributed by atoms with Crippen LogP contribution in [0.15, 0.2) is 24.3 Å². The molecule has 0 unspecified atom stereocenters. The van der Waals surface area contributed by atoms with Crippen LogP contribution >= 0.6 is 12.4 Å². The average molecular weight is 212 g/mol. The molecule has 0 heterocycles. The molecular formula is C11H14ClNO. The van der Waals surface area contributed by atoms with Crippen molar-refractivity contribution in [3.8, 4) is 0 Å². The first-order chi connectivity index (χ1) is 6.25. The molecule has 1 fully saturated rings. The lowest BCUT2D eigenvalue weighted by molar-refractivity contribution is -0.117. The zero-order valence-electron chi connectivity index (χ0n) is 8.12. The number of amides is 1. The van der Waals surface area contributed by atoms with Gasteiger partial charge in [-0.1, -0.05) is 12.1 Å². The monoisotopic (exact) mass is 211 g/mol. The molecule has 0 aromatic heterocycles. The van der Waals surface area contributed by atoms with E-state index in [-0.39, 0.29) is 24.2 Å². The minimum atomic E-state index is 0. The highest BCUT2D eigenvalue weighted by atomic mass is 35.5. The van der Waals surface area contributed by atoms with E-state index < -0.39 is 0 Å². The number of carbonyl (C=O) groups is 1. The minimum absolute atomic E-state index is 0. The van der Waals surface area contributed by atoms with Gasteiger partial charge in [-0.05, 0) is 37.5 Å². The first-order valence-corrected chi connectivity index (χ1v) is 4.63. The van der Waals surface area contributed by atoms with Crippen molar-refractivity contribution in [3.63, 3.8) is 0 Å². The van der Waals surface area contributed by atoms with Gasteiger partial charge in [-0.25, -0.2) is 0 Å². The number of aryl methyl sites for hydroxylation is 1. The van der Waals surface area contributed by atoms with Crippen LogP contribution in [0.25, 0.3) is 0 Å².